The van der Waals surface area contributed by atoms with E-state index < -0.39 is 24.6 Å². The largest absolute Gasteiger partial charge is 0.491 e. The fourth-order valence-corrected chi connectivity index (χ4v) is 4.43. The summed E-state index contributed by atoms with van der Waals surface area (Å²) in [5, 5.41) is 0. The molecule has 3 heterocycles. The van der Waals surface area contributed by atoms with E-state index in [-0.39, 0.29) is 47.2 Å². The van der Waals surface area contributed by atoms with Gasteiger partial charge >= 0.3 is 0 Å². The van der Waals surface area contributed by atoms with Crippen molar-refractivity contribution in [1.82, 2.24) is 19.0 Å². The molecule has 33 heavy (non-hydrogen) atoms. The number of halogens is 3. The van der Waals surface area contributed by atoms with Gasteiger partial charge in [-0.15, -0.1) is 0 Å². The van der Waals surface area contributed by atoms with E-state index in [1.54, 1.807) is 34.1 Å². The van der Waals surface area contributed by atoms with E-state index in [2.05, 4.69) is 4.98 Å². The van der Waals surface area contributed by atoms with Gasteiger partial charge in [0, 0.05) is 43.3 Å². The molecule has 0 saturated carbocycles. The molecule has 1 aliphatic heterocycles. The molecule has 1 amide bonds. The van der Waals surface area contributed by atoms with Gasteiger partial charge in [-0.05, 0) is 31.2 Å². The number of benzene rings is 1. The highest BCUT2D eigenvalue weighted by Gasteiger charge is 2.40. The molecule has 3 aromatic rings. The summed E-state index contributed by atoms with van der Waals surface area (Å²) in [6.45, 7) is 2.71. The van der Waals surface area contributed by atoms with Crippen LogP contribution >= 0.6 is 0 Å². The zero-order valence-electron chi connectivity index (χ0n) is 17.9. The van der Waals surface area contributed by atoms with Crippen molar-refractivity contribution in [2.45, 2.75) is 32.2 Å². The van der Waals surface area contributed by atoms with Gasteiger partial charge in [0.1, 0.15) is 29.6 Å². The molecule has 10 heteroatoms. The summed E-state index contributed by atoms with van der Waals surface area (Å²) < 4.78 is 50.2. The summed E-state index contributed by atoms with van der Waals surface area (Å²) in [5.41, 5.74) is 1.35. The number of pyridine rings is 1. The molecule has 0 bridgehead atoms. The molecule has 0 atom stereocenters. The van der Waals surface area contributed by atoms with Crippen LogP contribution in [0.5, 0.6) is 5.75 Å². The Bertz CT molecular complexity index is 1310. The van der Waals surface area contributed by atoms with E-state index in [4.69, 9.17) is 4.74 Å². The summed E-state index contributed by atoms with van der Waals surface area (Å²) in [6.07, 6.45) is 2.09. The van der Waals surface area contributed by atoms with Gasteiger partial charge in [-0.3, -0.25) is 9.59 Å². The normalized spacial score (nSPS) is 16.6. The second kappa shape index (κ2) is 7.79. The fraction of sp³-hybridized carbons (Fsp3) is 0.348. The molecule has 0 radical (unpaired) electrons. The Hall–Kier alpha value is -3.56. The smallest absolute Gasteiger partial charge is 0.275 e. The van der Waals surface area contributed by atoms with E-state index in [1.807, 2.05) is 6.92 Å². The highest BCUT2D eigenvalue weighted by molar-refractivity contribution is 5.93. The van der Waals surface area contributed by atoms with Gasteiger partial charge in [-0.1, -0.05) is 0 Å². The quantitative estimate of drug-likeness (QED) is 0.590. The summed E-state index contributed by atoms with van der Waals surface area (Å²) in [6, 6.07) is 5.68. The summed E-state index contributed by atoms with van der Waals surface area (Å²) in [4.78, 5) is 31.5. The SMILES string of the molecule is Cc1cn(-c2ccc3n(c2=O)CCN(CCOc2ccc(F)c4c2CC(F)(F)C4)C3=O)cn1. The van der Waals surface area contributed by atoms with Crippen molar-refractivity contribution in [3.63, 3.8) is 0 Å². The van der Waals surface area contributed by atoms with Crippen molar-refractivity contribution >= 4 is 5.91 Å². The van der Waals surface area contributed by atoms with Gasteiger partial charge in [0.15, 0.2) is 0 Å². The Morgan fingerprint density at radius 1 is 1.09 bits per heavy atom. The molecule has 0 saturated heterocycles. The van der Waals surface area contributed by atoms with E-state index in [1.165, 1.54) is 10.6 Å². The van der Waals surface area contributed by atoms with E-state index in [0.29, 0.717) is 18.8 Å². The first kappa shape index (κ1) is 21.3. The summed E-state index contributed by atoms with van der Waals surface area (Å²) in [5.74, 6) is -3.75. The number of amides is 1. The Morgan fingerprint density at radius 3 is 2.64 bits per heavy atom. The van der Waals surface area contributed by atoms with Crippen molar-refractivity contribution < 1.29 is 22.7 Å². The number of carbonyl (C=O) groups excluding carboxylic acids is 1. The molecule has 172 valence electrons. The van der Waals surface area contributed by atoms with E-state index in [0.717, 1.165) is 11.8 Å². The second-order valence-corrected chi connectivity index (χ2v) is 8.34. The minimum atomic E-state index is -2.99. The van der Waals surface area contributed by atoms with Gasteiger partial charge in [0.05, 0.1) is 18.6 Å². The molecule has 1 aliphatic carbocycles. The number of hydrogen-bond donors (Lipinski definition) is 0. The first-order valence-corrected chi connectivity index (χ1v) is 10.6. The third-order valence-corrected chi connectivity index (χ3v) is 6.06. The number of imidazole rings is 1. The van der Waals surface area contributed by atoms with Crippen LogP contribution in [0.3, 0.4) is 0 Å². The molecule has 2 aromatic heterocycles. The average molecular weight is 458 g/mol. The zero-order chi connectivity index (χ0) is 23.3. The van der Waals surface area contributed by atoms with Crippen LogP contribution in [0.2, 0.25) is 0 Å². The number of ether oxygens (including phenoxy) is 1. The summed E-state index contributed by atoms with van der Waals surface area (Å²) >= 11 is 0. The van der Waals surface area contributed by atoms with Crippen LogP contribution in [0, 0.1) is 12.7 Å². The van der Waals surface area contributed by atoms with Crippen molar-refractivity contribution in [2.75, 3.05) is 19.7 Å². The van der Waals surface area contributed by atoms with Gasteiger partial charge in [0.25, 0.3) is 17.4 Å². The number of alkyl halides is 2. The summed E-state index contributed by atoms with van der Waals surface area (Å²) in [7, 11) is 0. The maximum Gasteiger partial charge on any atom is 0.275 e. The van der Waals surface area contributed by atoms with Crippen molar-refractivity contribution in [3.8, 4) is 11.4 Å². The van der Waals surface area contributed by atoms with Crippen LogP contribution in [0.4, 0.5) is 13.2 Å². The molecule has 5 rings (SSSR count). The van der Waals surface area contributed by atoms with Crippen molar-refractivity contribution in [3.05, 3.63) is 75.5 Å². The maximum absolute atomic E-state index is 13.9. The van der Waals surface area contributed by atoms with Gasteiger partial charge in [0.2, 0.25) is 0 Å². The fourth-order valence-electron chi connectivity index (χ4n) is 4.43. The number of nitrogens with zero attached hydrogens (tertiary/aromatic N) is 4. The third kappa shape index (κ3) is 3.79. The first-order valence-electron chi connectivity index (χ1n) is 10.6. The Labute approximate surface area is 187 Å². The Morgan fingerprint density at radius 2 is 1.88 bits per heavy atom. The molecule has 0 N–H and O–H groups in total. The highest BCUT2D eigenvalue weighted by Crippen LogP contribution is 2.40. The zero-order valence-corrected chi connectivity index (χ0v) is 17.9. The number of hydrogen-bond acceptors (Lipinski definition) is 4. The second-order valence-electron chi connectivity index (χ2n) is 8.34. The topological polar surface area (TPSA) is 69.4 Å². The van der Waals surface area contributed by atoms with Crippen LogP contribution in [0.25, 0.3) is 5.69 Å². The molecule has 0 fully saturated rings. The predicted molar refractivity (Wildman–Crippen MR) is 113 cm³/mol. The van der Waals surface area contributed by atoms with Gasteiger partial charge < -0.3 is 18.8 Å². The number of fused-ring (bicyclic) bond motifs is 2. The number of aryl methyl sites for hydroxylation is 1. The molecule has 0 unspecified atom stereocenters. The average Bonchev–Trinajstić information content (AvgIpc) is 3.34. The third-order valence-electron chi connectivity index (χ3n) is 6.06. The maximum atomic E-state index is 13.9. The van der Waals surface area contributed by atoms with Crippen LogP contribution < -0.4 is 10.3 Å². The van der Waals surface area contributed by atoms with Crippen molar-refractivity contribution in [2.24, 2.45) is 0 Å². The lowest BCUT2D eigenvalue weighted by molar-refractivity contribution is 0.0123. The number of carbonyl (C=O) groups is 1. The first-order chi connectivity index (χ1) is 15.7. The minimum absolute atomic E-state index is 0.0104. The Balaban J connectivity index is 1.29. The lowest BCUT2D eigenvalue weighted by Crippen LogP contribution is -2.46. The molecular weight excluding hydrogens is 437 g/mol. The van der Waals surface area contributed by atoms with Crippen LogP contribution in [0.1, 0.15) is 27.3 Å². The molecule has 2 aliphatic rings. The molecular formula is C23H21F3N4O3. The molecule has 0 spiro atoms. The van der Waals surface area contributed by atoms with Crippen molar-refractivity contribution in [1.29, 1.82) is 0 Å². The molecule has 7 nitrogen and oxygen atoms in total. The monoisotopic (exact) mass is 458 g/mol. The Kier molecular flexibility index (Phi) is 5.02. The lowest BCUT2D eigenvalue weighted by atomic mass is 10.1. The van der Waals surface area contributed by atoms with Gasteiger partial charge in [-0.2, -0.15) is 0 Å². The van der Waals surface area contributed by atoms with E-state index in [9.17, 15) is 22.8 Å². The molecule has 1 aromatic carbocycles. The number of rotatable bonds is 5. The predicted octanol–water partition coefficient (Wildman–Crippen LogP) is 2.75. The van der Waals surface area contributed by atoms with Crippen LogP contribution in [-0.2, 0) is 19.4 Å². The van der Waals surface area contributed by atoms with Crippen LogP contribution in [0.15, 0.2) is 41.6 Å². The van der Waals surface area contributed by atoms with Crippen LogP contribution in [-0.4, -0.2) is 50.5 Å². The van der Waals surface area contributed by atoms with E-state index >= 15 is 0 Å². The minimum Gasteiger partial charge on any atom is -0.491 e. The van der Waals surface area contributed by atoms with Gasteiger partial charge in [-0.25, -0.2) is 18.2 Å². The lowest BCUT2D eigenvalue weighted by Gasteiger charge is -2.29. The standard InChI is InChI=1S/C23H21F3N4O3/c1-14-12-29(13-27-14)18-3-4-19-21(31)28(6-7-30(19)22(18)32)8-9-33-20-5-2-17(24)15-10-23(25,26)11-16(15)20/h2-5,12-13H,6-11H2,1H3. The number of aromatic nitrogens is 3. The highest BCUT2D eigenvalue weighted by atomic mass is 19.3.